The van der Waals surface area contributed by atoms with E-state index in [2.05, 4.69) is 4.98 Å². The van der Waals surface area contributed by atoms with Gasteiger partial charge in [0, 0.05) is 18.0 Å². The van der Waals surface area contributed by atoms with Gasteiger partial charge < -0.3 is 9.30 Å². The number of hydrogen-bond donors (Lipinski definition) is 0. The predicted molar refractivity (Wildman–Crippen MR) is 68.9 cm³/mol. The molecule has 0 saturated heterocycles. The first-order chi connectivity index (χ1) is 8.66. The van der Waals surface area contributed by atoms with Crippen molar-refractivity contribution in [3.8, 4) is 5.75 Å². The van der Waals surface area contributed by atoms with Crippen LogP contribution in [0.25, 0.3) is 0 Å². The van der Waals surface area contributed by atoms with Gasteiger partial charge in [-0.3, -0.25) is 4.79 Å². The van der Waals surface area contributed by atoms with Crippen LogP contribution in [0.3, 0.4) is 0 Å². The van der Waals surface area contributed by atoms with Crippen LogP contribution in [0.15, 0.2) is 36.7 Å². The lowest BCUT2D eigenvalue weighted by molar-refractivity contribution is 0.101. The highest BCUT2D eigenvalue weighted by Gasteiger charge is 2.00. The molecule has 1 aromatic heterocycles. The zero-order chi connectivity index (χ0) is 13.0. The van der Waals surface area contributed by atoms with E-state index in [1.54, 1.807) is 25.3 Å². The van der Waals surface area contributed by atoms with Gasteiger partial charge in [0.25, 0.3) is 0 Å². The Morgan fingerprint density at radius 3 is 2.61 bits per heavy atom. The van der Waals surface area contributed by atoms with Crippen LogP contribution in [0.5, 0.6) is 5.75 Å². The quantitative estimate of drug-likeness (QED) is 0.759. The molecule has 1 heterocycles. The molecule has 0 spiro atoms. The summed E-state index contributed by atoms with van der Waals surface area (Å²) < 4.78 is 7.64. The van der Waals surface area contributed by atoms with Crippen molar-refractivity contribution in [2.24, 2.45) is 0 Å². The number of carbonyl (C=O) groups excluding carboxylic acids is 1. The summed E-state index contributed by atoms with van der Waals surface area (Å²) in [6, 6.07) is 7.19. The molecule has 0 N–H and O–H groups in total. The van der Waals surface area contributed by atoms with E-state index in [1.807, 2.05) is 29.8 Å². The first kappa shape index (κ1) is 12.4. The van der Waals surface area contributed by atoms with Gasteiger partial charge in [0.2, 0.25) is 0 Å². The number of nitrogens with zero attached hydrogens (tertiary/aromatic N) is 2. The standard InChI is InChI=1S/C14H16N2O2/c1-11(17)13-3-5-14(6-4-13)18-10-9-16-8-7-15-12(16)2/h3-8H,9-10H2,1-2H3. The van der Waals surface area contributed by atoms with E-state index < -0.39 is 0 Å². The first-order valence-corrected chi connectivity index (χ1v) is 5.88. The summed E-state index contributed by atoms with van der Waals surface area (Å²) in [7, 11) is 0. The molecule has 0 unspecified atom stereocenters. The molecule has 0 amide bonds. The molecule has 0 atom stereocenters. The Bertz CT molecular complexity index is 529. The third-order valence-electron chi connectivity index (χ3n) is 2.79. The van der Waals surface area contributed by atoms with Crippen LogP contribution in [-0.2, 0) is 6.54 Å². The molecule has 0 fully saturated rings. The molecule has 0 saturated carbocycles. The highest BCUT2D eigenvalue weighted by molar-refractivity contribution is 5.94. The van der Waals surface area contributed by atoms with Crippen molar-refractivity contribution in [2.75, 3.05) is 6.61 Å². The number of Topliss-reactive ketones (excluding diaryl/α,β-unsaturated/α-hetero) is 1. The van der Waals surface area contributed by atoms with Gasteiger partial charge in [0.05, 0.1) is 6.54 Å². The Morgan fingerprint density at radius 1 is 1.33 bits per heavy atom. The Balaban J connectivity index is 1.87. The van der Waals surface area contributed by atoms with Gasteiger partial charge >= 0.3 is 0 Å². The van der Waals surface area contributed by atoms with Crippen LogP contribution in [0.2, 0.25) is 0 Å². The number of benzene rings is 1. The van der Waals surface area contributed by atoms with E-state index in [-0.39, 0.29) is 5.78 Å². The summed E-state index contributed by atoms with van der Waals surface area (Å²) in [4.78, 5) is 15.3. The van der Waals surface area contributed by atoms with Gasteiger partial charge in [-0.25, -0.2) is 4.98 Å². The van der Waals surface area contributed by atoms with Crippen LogP contribution >= 0.6 is 0 Å². The SMILES string of the molecule is CC(=O)c1ccc(OCCn2ccnc2C)cc1. The number of aryl methyl sites for hydroxylation is 1. The van der Waals surface area contributed by atoms with Gasteiger partial charge in [0.15, 0.2) is 5.78 Å². The minimum Gasteiger partial charge on any atom is -0.492 e. The van der Waals surface area contributed by atoms with Crippen molar-refractivity contribution < 1.29 is 9.53 Å². The smallest absolute Gasteiger partial charge is 0.159 e. The molecule has 0 bridgehead atoms. The molecular weight excluding hydrogens is 228 g/mol. The van der Waals surface area contributed by atoms with Crippen molar-refractivity contribution in [3.63, 3.8) is 0 Å². The predicted octanol–water partition coefficient (Wildman–Crippen LogP) is 2.47. The molecular formula is C14H16N2O2. The summed E-state index contributed by atoms with van der Waals surface area (Å²) >= 11 is 0. The second kappa shape index (κ2) is 5.49. The number of carbonyl (C=O) groups is 1. The Hall–Kier alpha value is -2.10. The van der Waals surface area contributed by atoms with Crippen LogP contribution < -0.4 is 4.74 Å². The zero-order valence-corrected chi connectivity index (χ0v) is 10.6. The lowest BCUT2D eigenvalue weighted by atomic mass is 10.1. The monoisotopic (exact) mass is 244 g/mol. The summed E-state index contributed by atoms with van der Waals surface area (Å²) in [5, 5.41) is 0. The van der Waals surface area contributed by atoms with Crippen molar-refractivity contribution in [1.29, 1.82) is 0 Å². The summed E-state index contributed by atoms with van der Waals surface area (Å²) in [5.74, 6) is 1.82. The molecule has 2 aromatic rings. The molecule has 2 rings (SSSR count). The van der Waals surface area contributed by atoms with Crippen molar-refractivity contribution in [3.05, 3.63) is 48.0 Å². The topological polar surface area (TPSA) is 44.1 Å². The third-order valence-corrected chi connectivity index (χ3v) is 2.79. The van der Waals surface area contributed by atoms with E-state index in [0.29, 0.717) is 12.2 Å². The Morgan fingerprint density at radius 2 is 2.06 bits per heavy atom. The molecule has 4 nitrogen and oxygen atoms in total. The second-order valence-corrected chi connectivity index (χ2v) is 4.10. The minimum absolute atomic E-state index is 0.0654. The lowest BCUT2D eigenvalue weighted by Gasteiger charge is -2.08. The van der Waals surface area contributed by atoms with Gasteiger partial charge in [0.1, 0.15) is 18.2 Å². The highest BCUT2D eigenvalue weighted by atomic mass is 16.5. The van der Waals surface area contributed by atoms with E-state index in [1.165, 1.54) is 0 Å². The van der Waals surface area contributed by atoms with Gasteiger partial charge in [-0.15, -0.1) is 0 Å². The fourth-order valence-electron chi connectivity index (χ4n) is 1.69. The van der Waals surface area contributed by atoms with Crippen molar-refractivity contribution in [1.82, 2.24) is 9.55 Å². The number of aromatic nitrogens is 2. The van der Waals surface area contributed by atoms with Crippen molar-refractivity contribution in [2.45, 2.75) is 20.4 Å². The molecule has 18 heavy (non-hydrogen) atoms. The van der Waals surface area contributed by atoms with Crippen LogP contribution in [-0.4, -0.2) is 21.9 Å². The second-order valence-electron chi connectivity index (χ2n) is 4.10. The van der Waals surface area contributed by atoms with Crippen molar-refractivity contribution >= 4 is 5.78 Å². The number of rotatable bonds is 5. The van der Waals surface area contributed by atoms with E-state index in [0.717, 1.165) is 18.1 Å². The fourth-order valence-corrected chi connectivity index (χ4v) is 1.69. The average molecular weight is 244 g/mol. The molecule has 0 aliphatic rings. The number of imidazole rings is 1. The Kier molecular flexibility index (Phi) is 3.77. The third kappa shape index (κ3) is 2.97. The van der Waals surface area contributed by atoms with Crippen LogP contribution in [0.4, 0.5) is 0 Å². The summed E-state index contributed by atoms with van der Waals surface area (Å²) in [6.07, 6.45) is 3.70. The maximum atomic E-state index is 11.1. The highest BCUT2D eigenvalue weighted by Crippen LogP contribution is 2.12. The maximum absolute atomic E-state index is 11.1. The number of hydrogen-bond acceptors (Lipinski definition) is 3. The first-order valence-electron chi connectivity index (χ1n) is 5.88. The largest absolute Gasteiger partial charge is 0.492 e. The van der Waals surface area contributed by atoms with E-state index >= 15 is 0 Å². The van der Waals surface area contributed by atoms with Crippen LogP contribution in [0, 0.1) is 6.92 Å². The van der Waals surface area contributed by atoms with Gasteiger partial charge in [-0.2, -0.15) is 0 Å². The maximum Gasteiger partial charge on any atom is 0.159 e. The summed E-state index contributed by atoms with van der Waals surface area (Å²) in [6.45, 7) is 4.86. The van der Waals surface area contributed by atoms with E-state index in [4.69, 9.17) is 4.74 Å². The van der Waals surface area contributed by atoms with E-state index in [9.17, 15) is 4.79 Å². The molecule has 0 aliphatic carbocycles. The normalized spacial score (nSPS) is 10.3. The molecule has 0 aliphatic heterocycles. The fraction of sp³-hybridized carbons (Fsp3) is 0.286. The molecule has 94 valence electrons. The summed E-state index contributed by atoms with van der Waals surface area (Å²) in [5.41, 5.74) is 0.702. The van der Waals surface area contributed by atoms with Gasteiger partial charge in [-0.1, -0.05) is 0 Å². The molecule has 0 radical (unpaired) electrons. The number of ketones is 1. The number of ether oxygens (including phenoxy) is 1. The molecule has 1 aromatic carbocycles. The molecule has 4 heteroatoms. The van der Waals surface area contributed by atoms with Gasteiger partial charge in [-0.05, 0) is 38.1 Å². The zero-order valence-electron chi connectivity index (χ0n) is 10.6. The minimum atomic E-state index is 0.0654. The average Bonchev–Trinajstić information content (AvgIpc) is 2.76. The lowest BCUT2D eigenvalue weighted by Crippen LogP contribution is -2.08. The Labute approximate surface area is 106 Å². The van der Waals surface area contributed by atoms with Crippen LogP contribution in [0.1, 0.15) is 23.1 Å².